The zero-order valence-corrected chi connectivity index (χ0v) is 37.3. The Hall–Kier alpha value is -4.55. The van der Waals surface area contributed by atoms with Crippen LogP contribution >= 0.6 is 27.5 Å². The average Bonchev–Trinajstić information content (AvgIpc) is 3.31. The summed E-state index contributed by atoms with van der Waals surface area (Å²) in [6, 6.07) is 50.4. The van der Waals surface area contributed by atoms with E-state index in [-0.39, 0.29) is 26.4 Å². The molecule has 62 heavy (non-hydrogen) atoms. The van der Waals surface area contributed by atoms with Gasteiger partial charge >= 0.3 is 0 Å². The molecular weight excluding hydrogens is 868 g/mol. The summed E-state index contributed by atoms with van der Waals surface area (Å²) in [5, 5.41) is 10.3. The van der Waals surface area contributed by atoms with Crippen LogP contribution in [0.3, 0.4) is 0 Å². The van der Waals surface area contributed by atoms with Gasteiger partial charge in [-0.05, 0) is 80.9 Å². The van der Waals surface area contributed by atoms with E-state index in [9.17, 15) is 5.11 Å². The molecule has 1 heterocycles. The molecule has 1 aliphatic rings. The van der Waals surface area contributed by atoms with E-state index in [2.05, 4.69) is 22.0 Å². The number of aliphatic hydroxyl groups excluding tert-OH is 1. The number of halogens is 2. The molecule has 6 aromatic carbocycles. The van der Waals surface area contributed by atoms with E-state index in [0.717, 1.165) is 44.7 Å². The van der Waals surface area contributed by atoms with E-state index in [0.29, 0.717) is 54.5 Å². The van der Waals surface area contributed by atoms with E-state index in [1.807, 2.05) is 153 Å². The van der Waals surface area contributed by atoms with Crippen LogP contribution in [-0.2, 0) is 56.5 Å². The second-order valence-corrected chi connectivity index (χ2v) is 16.3. The topological polar surface area (TPSA) is 84.8 Å². The van der Waals surface area contributed by atoms with Crippen molar-refractivity contribution in [2.45, 2.75) is 76.7 Å². The third-order valence-electron chi connectivity index (χ3n) is 10.6. The summed E-state index contributed by atoms with van der Waals surface area (Å²) < 4.78 is 47.7. The van der Waals surface area contributed by atoms with Crippen LogP contribution in [0.1, 0.15) is 58.4 Å². The zero-order chi connectivity index (χ0) is 42.9. The molecule has 10 heteroatoms. The van der Waals surface area contributed by atoms with Gasteiger partial charge in [0.05, 0.1) is 55.7 Å². The fourth-order valence-electron chi connectivity index (χ4n) is 7.54. The number of benzene rings is 6. The Labute approximate surface area is 378 Å². The molecule has 5 atom stereocenters. The number of aliphatic hydroxyl groups is 1. The molecule has 1 aliphatic heterocycles. The molecule has 0 bridgehead atoms. The summed E-state index contributed by atoms with van der Waals surface area (Å²) in [7, 11) is 0. The van der Waals surface area contributed by atoms with Gasteiger partial charge in [-0.15, -0.1) is 0 Å². The summed E-state index contributed by atoms with van der Waals surface area (Å²) in [6.07, 6.45) is -2.40. The van der Waals surface area contributed by atoms with E-state index < -0.39 is 30.5 Å². The fraction of sp³-hybridized carbons (Fsp3) is 0.308. The Bertz CT molecular complexity index is 2210. The van der Waals surface area contributed by atoms with Crippen LogP contribution < -0.4 is 9.47 Å². The van der Waals surface area contributed by atoms with Gasteiger partial charge in [-0.25, -0.2) is 0 Å². The Morgan fingerprint density at radius 3 is 1.66 bits per heavy atom. The SMILES string of the molecule is CCOc1ccc(Cc2cc([C@@H]3O[C@H](COCc4ccccc4)[C@@H](OCc4ccccc4)[C@H](OCc4ccccc4)[C@H]3OCc3ccccc3)c(OCCCO)c(Br)c2Cl)cc1. The third kappa shape index (κ3) is 12.6. The van der Waals surface area contributed by atoms with Crippen molar-refractivity contribution in [2.24, 2.45) is 0 Å². The maximum absolute atomic E-state index is 9.80. The van der Waals surface area contributed by atoms with Crippen molar-refractivity contribution < 1.29 is 38.3 Å². The highest BCUT2D eigenvalue weighted by Gasteiger charge is 2.50. The van der Waals surface area contributed by atoms with E-state index >= 15 is 0 Å². The first-order valence-electron chi connectivity index (χ1n) is 21.2. The smallest absolute Gasteiger partial charge is 0.140 e. The van der Waals surface area contributed by atoms with Crippen molar-refractivity contribution in [3.63, 3.8) is 0 Å². The Balaban J connectivity index is 1.34. The van der Waals surface area contributed by atoms with Gasteiger partial charge in [-0.2, -0.15) is 0 Å². The molecule has 0 amide bonds. The standard InChI is InChI=1S/C52H54BrClO8/c1-2-57-43-26-24-37(25-27-43)30-42-31-44(48(46(53)47(42)54)58-29-15-28-55)49-51(60-34-40-20-11-5-12-21-40)52(61-35-41-22-13-6-14-23-41)50(59-33-39-18-9-4-10-19-39)45(62-49)36-56-32-38-16-7-3-8-17-38/h3-14,16-27,31,45,49-52,55H,2,15,28-30,32-36H2,1H3/t45-,49+,50-,51+,52+/m1/s1. The lowest BCUT2D eigenvalue weighted by molar-refractivity contribution is -0.275. The second kappa shape index (κ2) is 23.8. The number of hydrogen-bond acceptors (Lipinski definition) is 8. The highest BCUT2D eigenvalue weighted by Crippen LogP contribution is 2.47. The van der Waals surface area contributed by atoms with Gasteiger partial charge in [0.15, 0.2) is 0 Å². The maximum atomic E-state index is 9.80. The summed E-state index contributed by atoms with van der Waals surface area (Å²) >= 11 is 11.1. The number of ether oxygens (including phenoxy) is 7. The van der Waals surface area contributed by atoms with Gasteiger partial charge in [0.2, 0.25) is 0 Å². The van der Waals surface area contributed by atoms with Crippen molar-refractivity contribution in [1.29, 1.82) is 0 Å². The fourth-order valence-corrected chi connectivity index (χ4v) is 8.34. The molecule has 324 valence electrons. The third-order valence-corrected chi connectivity index (χ3v) is 12.1. The molecule has 0 unspecified atom stereocenters. The quantitative estimate of drug-likeness (QED) is 0.0674. The van der Waals surface area contributed by atoms with Crippen LogP contribution in [0.25, 0.3) is 0 Å². The van der Waals surface area contributed by atoms with Gasteiger partial charge in [-0.3, -0.25) is 0 Å². The molecule has 0 spiro atoms. The van der Waals surface area contributed by atoms with Crippen LogP contribution in [0.15, 0.2) is 156 Å². The molecule has 8 nitrogen and oxygen atoms in total. The second-order valence-electron chi connectivity index (χ2n) is 15.1. The molecule has 0 aromatic heterocycles. The van der Waals surface area contributed by atoms with Crippen LogP contribution in [0, 0.1) is 0 Å². The monoisotopic (exact) mass is 920 g/mol. The van der Waals surface area contributed by atoms with Gasteiger partial charge in [-0.1, -0.05) is 145 Å². The Kier molecular flexibility index (Phi) is 17.4. The molecule has 6 aromatic rings. The predicted molar refractivity (Wildman–Crippen MR) is 246 cm³/mol. The van der Waals surface area contributed by atoms with E-state index in [1.165, 1.54) is 0 Å². The predicted octanol–water partition coefficient (Wildman–Crippen LogP) is 11.3. The largest absolute Gasteiger partial charge is 0.494 e. The van der Waals surface area contributed by atoms with Gasteiger partial charge in [0.1, 0.15) is 42.0 Å². The summed E-state index contributed by atoms with van der Waals surface area (Å²) in [5.41, 5.74) is 6.70. The average molecular weight is 922 g/mol. The van der Waals surface area contributed by atoms with E-state index in [1.54, 1.807) is 0 Å². The lowest BCUT2D eigenvalue weighted by Gasteiger charge is -2.47. The zero-order valence-electron chi connectivity index (χ0n) is 35.0. The van der Waals surface area contributed by atoms with Crippen molar-refractivity contribution in [2.75, 3.05) is 26.4 Å². The molecule has 1 saturated heterocycles. The van der Waals surface area contributed by atoms with Gasteiger partial charge in [0, 0.05) is 18.6 Å². The molecule has 1 N–H and O–H groups in total. The van der Waals surface area contributed by atoms with Crippen molar-refractivity contribution in [3.05, 3.63) is 200 Å². The highest BCUT2D eigenvalue weighted by molar-refractivity contribution is 9.10. The van der Waals surface area contributed by atoms with Crippen molar-refractivity contribution in [1.82, 2.24) is 0 Å². The minimum atomic E-state index is -0.752. The van der Waals surface area contributed by atoms with Crippen LogP contribution in [0.5, 0.6) is 11.5 Å². The minimum Gasteiger partial charge on any atom is -0.494 e. The van der Waals surface area contributed by atoms with Gasteiger partial charge in [0.25, 0.3) is 0 Å². The van der Waals surface area contributed by atoms with E-state index in [4.69, 9.17) is 44.8 Å². The molecule has 0 aliphatic carbocycles. The number of rotatable bonds is 22. The lowest BCUT2D eigenvalue weighted by Crippen LogP contribution is -2.58. The van der Waals surface area contributed by atoms with Crippen molar-refractivity contribution >= 4 is 27.5 Å². The molecule has 7 rings (SSSR count). The molecular formula is C52H54BrClO8. The first-order valence-corrected chi connectivity index (χ1v) is 22.4. The Morgan fingerprint density at radius 1 is 0.613 bits per heavy atom. The highest BCUT2D eigenvalue weighted by atomic mass is 79.9. The lowest BCUT2D eigenvalue weighted by atomic mass is 9.88. The normalized spacial score (nSPS) is 18.7. The molecule has 0 saturated carbocycles. The minimum absolute atomic E-state index is 0.0318. The first kappa shape index (κ1) is 45.5. The molecule has 1 fully saturated rings. The van der Waals surface area contributed by atoms with Crippen LogP contribution in [0.4, 0.5) is 0 Å². The molecule has 0 radical (unpaired) electrons. The van der Waals surface area contributed by atoms with Crippen molar-refractivity contribution in [3.8, 4) is 11.5 Å². The number of hydrogen-bond donors (Lipinski definition) is 1. The summed E-state index contributed by atoms with van der Waals surface area (Å²) in [4.78, 5) is 0. The van der Waals surface area contributed by atoms with Crippen LogP contribution in [0.2, 0.25) is 5.02 Å². The Morgan fingerprint density at radius 2 is 1.13 bits per heavy atom. The first-order chi connectivity index (χ1) is 30.5. The maximum Gasteiger partial charge on any atom is 0.140 e. The summed E-state index contributed by atoms with van der Waals surface area (Å²) in [6.45, 7) is 4.26. The van der Waals surface area contributed by atoms with Gasteiger partial charge < -0.3 is 38.3 Å². The van der Waals surface area contributed by atoms with Crippen LogP contribution in [-0.4, -0.2) is 55.9 Å². The summed E-state index contributed by atoms with van der Waals surface area (Å²) in [5.74, 6) is 1.31.